The molecular formula is C10H17FO. The van der Waals surface area contributed by atoms with Crippen LogP contribution in [0.5, 0.6) is 0 Å². The average Bonchev–Trinajstić information content (AvgIpc) is 2.02. The van der Waals surface area contributed by atoms with Crippen molar-refractivity contribution in [3.8, 4) is 0 Å². The van der Waals surface area contributed by atoms with Gasteiger partial charge in [0, 0.05) is 0 Å². The van der Waals surface area contributed by atoms with Crippen LogP contribution in [-0.2, 0) is 4.74 Å². The third kappa shape index (κ3) is 3.86. The van der Waals surface area contributed by atoms with E-state index in [9.17, 15) is 4.39 Å². The minimum atomic E-state index is -0.355. The molecule has 0 unspecified atom stereocenters. The van der Waals surface area contributed by atoms with Crippen LogP contribution in [0.15, 0.2) is 12.2 Å². The zero-order valence-corrected chi connectivity index (χ0v) is 7.47. The molecule has 0 heterocycles. The fraction of sp³-hybridized carbons (Fsp3) is 0.800. The summed E-state index contributed by atoms with van der Waals surface area (Å²) in [5, 5.41) is 0. The maximum absolute atomic E-state index is 11.8. The van der Waals surface area contributed by atoms with Gasteiger partial charge in [0.25, 0.3) is 0 Å². The molecule has 0 aromatic heterocycles. The van der Waals surface area contributed by atoms with E-state index in [1.54, 1.807) is 0 Å². The second-order valence-electron chi connectivity index (χ2n) is 3.16. The van der Waals surface area contributed by atoms with Gasteiger partial charge in [-0.2, -0.15) is 0 Å². The van der Waals surface area contributed by atoms with Crippen LogP contribution in [0.25, 0.3) is 0 Å². The lowest BCUT2D eigenvalue weighted by Crippen LogP contribution is -2.15. The maximum Gasteiger partial charge on any atom is 0.113 e. The van der Waals surface area contributed by atoms with Gasteiger partial charge in [-0.3, -0.25) is 0 Å². The number of hydrogen-bond acceptors (Lipinski definition) is 1. The molecule has 0 radical (unpaired) electrons. The molecule has 0 spiro atoms. The molecule has 0 saturated carbocycles. The van der Waals surface area contributed by atoms with Gasteiger partial charge in [-0.15, -0.1) is 0 Å². The van der Waals surface area contributed by atoms with E-state index in [0.29, 0.717) is 6.10 Å². The van der Waals surface area contributed by atoms with Crippen molar-refractivity contribution in [1.82, 2.24) is 0 Å². The highest BCUT2D eigenvalue weighted by atomic mass is 18.2. The first kappa shape index (κ1) is 9.72. The molecule has 0 saturated heterocycles. The van der Waals surface area contributed by atoms with Crippen LogP contribution in [0.3, 0.4) is 0 Å². The Balaban J connectivity index is 2.18. The Labute approximate surface area is 73.6 Å². The molecule has 70 valence electrons. The van der Waals surface area contributed by atoms with Gasteiger partial charge in [0.15, 0.2) is 0 Å². The van der Waals surface area contributed by atoms with Gasteiger partial charge in [0.05, 0.1) is 12.7 Å². The van der Waals surface area contributed by atoms with Gasteiger partial charge < -0.3 is 4.74 Å². The number of alkyl halides is 1. The first-order valence-electron chi connectivity index (χ1n) is 4.76. The maximum atomic E-state index is 11.8. The Kier molecular flexibility index (Phi) is 5.00. The van der Waals surface area contributed by atoms with Crippen LogP contribution in [0.2, 0.25) is 0 Å². The Hall–Kier alpha value is -0.370. The van der Waals surface area contributed by atoms with Gasteiger partial charge >= 0.3 is 0 Å². The third-order valence-electron chi connectivity index (χ3n) is 2.15. The molecule has 0 fully saturated rings. The smallest absolute Gasteiger partial charge is 0.113 e. The molecule has 2 heteroatoms. The van der Waals surface area contributed by atoms with Crippen LogP contribution < -0.4 is 0 Å². The molecule has 1 nitrogen and oxygen atoms in total. The van der Waals surface area contributed by atoms with Crippen LogP contribution in [-0.4, -0.2) is 19.4 Å². The van der Waals surface area contributed by atoms with Crippen molar-refractivity contribution in [1.29, 1.82) is 0 Å². The minimum absolute atomic E-state index is 0.272. The van der Waals surface area contributed by atoms with E-state index in [4.69, 9.17) is 4.74 Å². The predicted octanol–water partition coefficient (Wildman–Crippen LogP) is 2.86. The number of allylic oxidation sites excluding steroid dienone is 2. The van der Waals surface area contributed by atoms with E-state index in [0.717, 1.165) is 25.7 Å². The molecule has 0 bridgehead atoms. The van der Waals surface area contributed by atoms with Crippen molar-refractivity contribution in [2.45, 2.75) is 38.2 Å². The zero-order valence-electron chi connectivity index (χ0n) is 7.47. The quantitative estimate of drug-likeness (QED) is 0.593. The van der Waals surface area contributed by atoms with E-state index < -0.39 is 0 Å². The van der Waals surface area contributed by atoms with Crippen molar-refractivity contribution < 1.29 is 9.13 Å². The van der Waals surface area contributed by atoms with Gasteiger partial charge in [0.1, 0.15) is 6.67 Å². The average molecular weight is 171 g/mol. The van der Waals surface area contributed by atoms with Crippen molar-refractivity contribution in [3.63, 3.8) is 0 Å². The Morgan fingerprint density at radius 3 is 2.92 bits per heavy atom. The highest BCUT2D eigenvalue weighted by molar-refractivity contribution is 4.85. The van der Waals surface area contributed by atoms with Crippen molar-refractivity contribution in [2.75, 3.05) is 13.3 Å². The molecule has 0 amide bonds. The second kappa shape index (κ2) is 6.18. The predicted molar refractivity (Wildman–Crippen MR) is 47.9 cm³/mol. The lowest BCUT2D eigenvalue weighted by atomic mass is 10.0. The zero-order chi connectivity index (χ0) is 8.65. The number of hydrogen-bond donors (Lipinski definition) is 0. The molecule has 1 rings (SSSR count). The minimum Gasteiger partial charge on any atom is -0.375 e. The Morgan fingerprint density at radius 2 is 2.08 bits per heavy atom. The number of ether oxygens (including phenoxy) is 1. The Morgan fingerprint density at radius 1 is 1.25 bits per heavy atom. The first-order valence-corrected chi connectivity index (χ1v) is 4.76. The fourth-order valence-corrected chi connectivity index (χ4v) is 1.50. The van der Waals surface area contributed by atoms with Gasteiger partial charge in [0.2, 0.25) is 0 Å². The highest BCUT2D eigenvalue weighted by Crippen LogP contribution is 2.15. The molecule has 1 aliphatic rings. The van der Waals surface area contributed by atoms with Crippen molar-refractivity contribution >= 4 is 0 Å². The molecule has 0 N–H and O–H groups in total. The normalized spacial score (nSPS) is 27.6. The molecule has 1 atom stereocenters. The summed E-state index contributed by atoms with van der Waals surface area (Å²) >= 11 is 0. The molecular weight excluding hydrogens is 154 g/mol. The van der Waals surface area contributed by atoms with Crippen molar-refractivity contribution in [2.24, 2.45) is 0 Å². The monoisotopic (exact) mass is 171 g/mol. The Bertz CT molecular complexity index is 134. The van der Waals surface area contributed by atoms with E-state index in [1.807, 2.05) is 0 Å². The van der Waals surface area contributed by atoms with Crippen LogP contribution in [0.4, 0.5) is 4.39 Å². The number of rotatable bonds is 3. The van der Waals surface area contributed by atoms with Gasteiger partial charge in [-0.1, -0.05) is 12.2 Å². The van der Waals surface area contributed by atoms with Crippen LogP contribution in [0, 0.1) is 0 Å². The van der Waals surface area contributed by atoms with Crippen LogP contribution in [0.1, 0.15) is 32.1 Å². The summed E-state index contributed by atoms with van der Waals surface area (Å²) in [6.45, 7) is -0.0826. The summed E-state index contributed by atoms with van der Waals surface area (Å²) in [4.78, 5) is 0. The van der Waals surface area contributed by atoms with Gasteiger partial charge in [-0.05, 0) is 32.1 Å². The summed E-state index contributed by atoms with van der Waals surface area (Å²) in [6, 6.07) is 0. The molecule has 1 aliphatic carbocycles. The highest BCUT2D eigenvalue weighted by Gasteiger charge is 2.08. The van der Waals surface area contributed by atoms with E-state index in [1.165, 1.54) is 6.42 Å². The summed E-state index contributed by atoms with van der Waals surface area (Å²) in [7, 11) is 0. The molecule has 0 aromatic carbocycles. The third-order valence-corrected chi connectivity index (χ3v) is 2.15. The lowest BCUT2D eigenvalue weighted by molar-refractivity contribution is 0.0326. The SMILES string of the molecule is [18F]CCO[C@@H]1CC/C=C/CCC1. The summed E-state index contributed by atoms with van der Waals surface area (Å²) < 4.78 is 17.1. The summed E-state index contributed by atoms with van der Waals surface area (Å²) in [5.41, 5.74) is 0. The summed E-state index contributed by atoms with van der Waals surface area (Å²) in [6.07, 6.45) is 10.3. The molecule has 12 heavy (non-hydrogen) atoms. The lowest BCUT2D eigenvalue weighted by Gasteiger charge is -2.17. The fourth-order valence-electron chi connectivity index (χ4n) is 1.50. The van der Waals surface area contributed by atoms with Gasteiger partial charge in [-0.25, -0.2) is 4.39 Å². The largest absolute Gasteiger partial charge is 0.375 e. The van der Waals surface area contributed by atoms with Crippen LogP contribution >= 0.6 is 0 Å². The standard InChI is InChI=1S/C10H17FO/c11-8-9-12-10-6-4-2-1-3-5-7-10/h1-2,10H,3-9H2/b2-1+/t10-/m1/s1/i11-1. The topological polar surface area (TPSA) is 9.23 Å². The van der Waals surface area contributed by atoms with E-state index >= 15 is 0 Å². The van der Waals surface area contributed by atoms with Crippen molar-refractivity contribution in [3.05, 3.63) is 12.2 Å². The summed E-state index contributed by atoms with van der Waals surface area (Å²) in [5.74, 6) is 0. The van der Waals surface area contributed by atoms with E-state index in [-0.39, 0.29) is 13.3 Å². The molecule has 0 aromatic rings. The molecule has 0 aliphatic heterocycles. The first-order chi connectivity index (χ1) is 5.93. The number of halogens is 1. The second-order valence-corrected chi connectivity index (χ2v) is 3.16. The van der Waals surface area contributed by atoms with E-state index in [2.05, 4.69) is 12.2 Å².